The molecule has 1 aromatic heterocycles. The van der Waals surface area contributed by atoms with E-state index >= 15 is 0 Å². The highest BCUT2D eigenvalue weighted by Gasteiger charge is 2.29. The molecule has 0 aliphatic heterocycles. The zero-order chi connectivity index (χ0) is 10.8. The Morgan fingerprint density at radius 3 is 2.64 bits per heavy atom. The van der Waals surface area contributed by atoms with Gasteiger partial charge in [0.2, 0.25) is 0 Å². The fraction of sp³-hybridized carbons (Fsp3) is 0.375. The molecule has 1 atom stereocenters. The number of aliphatic carboxylic acids is 1. The maximum absolute atomic E-state index is 11.1. The van der Waals surface area contributed by atoms with Crippen molar-refractivity contribution in [3.63, 3.8) is 0 Å². The van der Waals surface area contributed by atoms with E-state index in [1.165, 1.54) is 6.26 Å². The number of hydrogen-bond acceptors (Lipinski definition) is 4. The van der Waals surface area contributed by atoms with Gasteiger partial charge < -0.3 is 9.52 Å². The van der Waals surface area contributed by atoms with Crippen molar-refractivity contribution in [2.45, 2.75) is 11.7 Å². The summed E-state index contributed by atoms with van der Waals surface area (Å²) >= 11 is 0. The van der Waals surface area contributed by atoms with Gasteiger partial charge in [0.1, 0.15) is 5.76 Å². The molecule has 78 valence electrons. The fourth-order valence-electron chi connectivity index (χ4n) is 1.03. The third kappa shape index (κ3) is 2.59. The predicted molar refractivity (Wildman–Crippen MR) is 48.7 cm³/mol. The maximum Gasteiger partial charge on any atom is 0.322 e. The van der Waals surface area contributed by atoms with E-state index in [-0.39, 0.29) is 6.42 Å². The Kier molecular flexibility index (Phi) is 2.95. The van der Waals surface area contributed by atoms with Crippen molar-refractivity contribution >= 4 is 15.8 Å². The smallest absolute Gasteiger partial charge is 0.322 e. The highest BCUT2D eigenvalue weighted by molar-refractivity contribution is 7.92. The van der Waals surface area contributed by atoms with Crippen LogP contribution in [0.25, 0.3) is 0 Å². The lowest BCUT2D eigenvalue weighted by Crippen LogP contribution is -2.31. The second-order valence-corrected chi connectivity index (χ2v) is 5.17. The van der Waals surface area contributed by atoms with E-state index in [9.17, 15) is 13.2 Å². The molecule has 0 bridgehead atoms. The van der Waals surface area contributed by atoms with Crippen molar-refractivity contribution in [3.8, 4) is 0 Å². The molecular weight excluding hydrogens is 208 g/mol. The van der Waals surface area contributed by atoms with Crippen molar-refractivity contribution < 1.29 is 22.7 Å². The molecule has 0 aromatic carbocycles. The predicted octanol–water partition coefficient (Wildman–Crippen LogP) is 0.320. The Hall–Kier alpha value is -1.30. The second-order valence-electron chi connectivity index (χ2n) is 2.94. The monoisotopic (exact) mass is 218 g/mol. The summed E-state index contributed by atoms with van der Waals surface area (Å²) in [6, 6.07) is 3.12. The lowest BCUT2D eigenvalue weighted by Gasteiger charge is -2.07. The van der Waals surface area contributed by atoms with Gasteiger partial charge in [-0.15, -0.1) is 0 Å². The van der Waals surface area contributed by atoms with E-state index in [0.29, 0.717) is 5.76 Å². The largest absolute Gasteiger partial charge is 0.480 e. The first kappa shape index (κ1) is 10.8. The topological polar surface area (TPSA) is 84.6 Å². The third-order valence-electron chi connectivity index (χ3n) is 1.76. The Morgan fingerprint density at radius 2 is 2.29 bits per heavy atom. The summed E-state index contributed by atoms with van der Waals surface area (Å²) < 4.78 is 27.0. The number of sulfone groups is 1. The molecule has 1 aromatic rings. The van der Waals surface area contributed by atoms with Crippen LogP contribution in [0, 0.1) is 0 Å². The van der Waals surface area contributed by atoms with Crippen LogP contribution in [0.1, 0.15) is 5.76 Å². The van der Waals surface area contributed by atoms with Crippen molar-refractivity contribution in [1.29, 1.82) is 0 Å². The van der Waals surface area contributed by atoms with Crippen LogP contribution < -0.4 is 0 Å². The van der Waals surface area contributed by atoms with Crippen LogP contribution in [0.3, 0.4) is 0 Å². The number of carboxylic acids is 1. The van der Waals surface area contributed by atoms with Crippen molar-refractivity contribution in [2.24, 2.45) is 0 Å². The van der Waals surface area contributed by atoms with Crippen molar-refractivity contribution in [1.82, 2.24) is 0 Å². The summed E-state index contributed by atoms with van der Waals surface area (Å²) in [7, 11) is -3.60. The number of rotatable bonds is 4. The summed E-state index contributed by atoms with van der Waals surface area (Å²) in [5.41, 5.74) is 0. The van der Waals surface area contributed by atoms with E-state index in [4.69, 9.17) is 9.52 Å². The second kappa shape index (κ2) is 3.83. The molecule has 1 N–H and O–H groups in total. The zero-order valence-electron chi connectivity index (χ0n) is 7.50. The van der Waals surface area contributed by atoms with E-state index in [2.05, 4.69) is 0 Å². The van der Waals surface area contributed by atoms with Crippen LogP contribution in [0.4, 0.5) is 0 Å². The molecule has 0 saturated carbocycles. The Balaban J connectivity index is 2.87. The number of carbonyl (C=O) groups is 1. The molecule has 5 nitrogen and oxygen atoms in total. The molecule has 14 heavy (non-hydrogen) atoms. The Morgan fingerprint density at radius 1 is 1.64 bits per heavy atom. The van der Waals surface area contributed by atoms with Gasteiger partial charge in [0.05, 0.1) is 6.26 Å². The summed E-state index contributed by atoms with van der Waals surface area (Å²) in [4.78, 5) is 10.7. The molecule has 1 heterocycles. The molecular formula is C8H10O5S. The Labute approximate surface area is 81.3 Å². The Bertz CT molecular complexity index is 403. The van der Waals surface area contributed by atoms with E-state index in [1.807, 2.05) is 0 Å². The highest BCUT2D eigenvalue weighted by Crippen LogP contribution is 2.10. The number of carboxylic acid groups (broad SMARTS) is 1. The summed E-state index contributed by atoms with van der Waals surface area (Å²) in [6.45, 7) is 0. The van der Waals surface area contributed by atoms with Crippen molar-refractivity contribution in [2.75, 3.05) is 6.26 Å². The molecule has 0 saturated heterocycles. The minimum Gasteiger partial charge on any atom is -0.480 e. The number of hydrogen-bond donors (Lipinski definition) is 1. The first-order valence-corrected chi connectivity index (χ1v) is 5.81. The minimum atomic E-state index is -3.60. The summed E-state index contributed by atoms with van der Waals surface area (Å²) in [6.07, 6.45) is 2.13. The molecule has 0 aliphatic carbocycles. The van der Waals surface area contributed by atoms with Crippen LogP contribution in [0.2, 0.25) is 0 Å². The third-order valence-corrected chi connectivity index (χ3v) is 3.16. The molecule has 0 fully saturated rings. The molecule has 0 spiro atoms. The molecule has 6 heteroatoms. The van der Waals surface area contributed by atoms with Gasteiger partial charge in [-0.1, -0.05) is 0 Å². The van der Waals surface area contributed by atoms with Crippen LogP contribution in [-0.2, 0) is 21.1 Å². The normalized spacial score (nSPS) is 13.8. The number of furan rings is 1. The van der Waals surface area contributed by atoms with Crippen LogP contribution in [-0.4, -0.2) is 31.0 Å². The van der Waals surface area contributed by atoms with E-state index in [1.54, 1.807) is 12.1 Å². The first-order valence-electron chi connectivity index (χ1n) is 3.85. The van der Waals surface area contributed by atoms with Gasteiger partial charge in [-0.05, 0) is 12.1 Å². The zero-order valence-corrected chi connectivity index (χ0v) is 8.32. The van der Waals surface area contributed by atoms with Crippen LogP contribution in [0.15, 0.2) is 22.8 Å². The van der Waals surface area contributed by atoms with Gasteiger partial charge in [-0.3, -0.25) is 4.79 Å². The maximum atomic E-state index is 11.1. The summed E-state index contributed by atoms with van der Waals surface area (Å²) in [5, 5.41) is 7.25. The molecule has 0 amide bonds. The first-order chi connectivity index (χ1) is 6.41. The van der Waals surface area contributed by atoms with E-state index in [0.717, 1.165) is 6.26 Å². The SMILES string of the molecule is CS(=O)(=O)C(Cc1ccco1)C(=O)O. The summed E-state index contributed by atoms with van der Waals surface area (Å²) in [5.74, 6) is -1.01. The minimum absolute atomic E-state index is 0.138. The van der Waals surface area contributed by atoms with Gasteiger partial charge in [0.15, 0.2) is 15.1 Å². The average molecular weight is 218 g/mol. The molecule has 0 radical (unpaired) electrons. The fourth-order valence-corrected chi connectivity index (χ4v) is 1.87. The van der Waals surface area contributed by atoms with Gasteiger partial charge in [0, 0.05) is 12.7 Å². The lowest BCUT2D eigenvalue weighted by atomic mass is 10.2. The lowest BCUT2D eigenvalue weighted by molar-refractivity contribution is -0.136. The molecule has 1 unspecified atom stereocenters. The van der Waals surface area contributed by atoms with Gasteiger partial charge in [-0.25, -0.2) is 8.42 Å². The highest BCUT2D eigenvalue weighted by atomic mass is 32.2. The van der Waals surface area contributed by atoms with Gasteiger partial charge in [0.25, 0.3) is 0 Å². The van der Waals surface area contributed by atoms with Crippen molar-refractivity contribution in [3.05, 3.63) is 24.2 Å². The average Bonchev–Trinajstić information content (AvgIpc) is 2.48. The van der Waals surface area contributed by atoms with Gasteiger partial charge >= 0.3 is 5.97 Å². The standard InChI is InChI=1S/C8H10O5S/c1-14(11,12)7(8(9)10)5-6-3-2-4-13-6/h2-4,7H,5H2,1H3,(H,9,10). The molecule has 1 rings (SSSR count). The molecule has 0 aliphatic rings. The van der Waals surface area contributed by atoms with Crippen LogP contribution in [0.5, 0.6) is 0 Å². The van der Waals surface area contributed by atoms with E-state index < -0.39 is 21.1 Å². The van der Waals surface area contributed by atoms with Crippen LogP contribution >= 0.6 is 0 Å². The quantitative estimate of drug-likeness (QED) is 0.786. The van der Waals surface area contributed by atoms with Gasteiger partial charge in [-0.2, -0.15) is 0 Å².